The molecule has 0 saturated heterocycles. The van der Waals surface area contributed by atoms with E-state index in [-0.39, 0.29) is 0 Å². The molecule has 24 heavy (non-hydrogen) atoms. The van der Waals surface area contributed by atoms with Crippen molar-refractivity contribution in [2.45, 2.75) is 116 Å². The second-order valence-electron chi connectivity index (χ2n) is 7.27. The minimum atomic E-state index is 0.965. The number of hydrogen-bond acceptors (Lipinski definition) is 4. The molecule has 0 bridgehead atoms. The molecule has 4 heteroatoms. The van der Waals surface area contributed by atoms with E-state index in [1.807, 2.05) is 0 Å². The van der Waals surface area contributed by atoms with Crippen LogP contribution in [0.4, 0.5) is 0 Å². The molecule has 0 amide bonds. The van der Waals surface area contributed by atoms with E-state index in [1.54, 1.807) is 0 Å². The first-order chi connectivity index (χ1) is 11.9. The molecular formula is C20H46N4. The fourth-order valence-corrected chi connectivity index (χ4v) is 3.28. The highest BCUT2D eigenvalue weighted by molar-refractivity contribution is 4.51. The van der Waals surface area contributed by atoms with Gasteiger partial charge in [0.15, 0.2) is 0 Å². The molecule has 0 aromatic rings. The summed E-state index contributed by atoms with van der Waals surface area (Å²) in [5.74, 6) is 10.5. The van der Waals surface area contributed by atoms with E-state index < -0.39 is 0 Å². The Labute approximate surface area is 151 Å². The summed E-state index contributed by atoms with van der Waals surface area (Å²) in [6.45, 7) is 1.93. The SMILES string of the molecule is NNCCCCCCCCCCCCCCCCCCCCNN. The van der Waals surface area contributed by atoms with E-state index in [0.717, 1.165) is 13.1 Å². The smallest absolute Gasteiger partial charge is 0.00974 e. The molecule has 6 N–H and O–H groups in total. The average Bonchev–Trinajstić information content (AvgIpc) is 2.60. The number of hydrogen-bond donors (Lipinski definition) is 4. The molecule has 0 fully saturated rings. The Hall–Kier alpha value is -0.160. The molecule has 0 aliphatic heterocycles. The quantitative estimate of drug-likeness (QED) is 0.135. The lowest BCUT2D eigenvalue weighted by atomic mass is 10.0. The molecule has 0 atom stereocenters. The van der Waals surface area contributed by atoms with Gasteiger partial charge in [-0.05, 0) is 12.8 Å². The summed E-state index contributed by atoms with van der Waals surface area (Å²) >= 11 is 0. The van der Waals surface area contributed by atoms with Crippen molar-refractivity contribution in [3.8, 4) is 0 Å². The first kappa shape index (κ1) is 23.8. The van der Waals surface area contributed by atoms with Crippen molar-refractivity contribution >= 4 is 0 Å². The van der Waals surface area contributed by atoms with Gasteiger partial charge in [-0.25, -0.2) is 0 Å². The van der Waals surface area contributed by atoms with Gasteiger partial charge in [-0.15, -0.1) is 0 Å². The van der Waals surface area contributed by atoms with Gasteiger partial charge >= 0.3 is 0 Å². The van der Waals surface area contributed by atoms with Crippen LogP contribution < -0.4 is 22.5 Å². The molecule has 0 radical (unpaired) electrons. The molecule has 0 aliphatic rings. The Morgan fingerprint density at radius 3 is 0.625 bits per heavy atom. The standard InChI is InChI=1S/C20H46N4/c21-23-19-17-15-13-11-9-7-5-3-1-2-4-6-8-10-12-14-16-18-20-24-22/h23-24H,1-22H2. The maximum Gasteiger partial charge on any atom is 0.00974 e. The monoisotopic (exact) mass is 342 g/mol. The van der Waals surface area contributed by atoms with Gasteiger partial charge in [-0.2, -0.15) is 0 Å². The Balaban J connectivity index is 2.93. The van der Waals surface area contributed by atoms with Crippen LogP contribution in [0.3, 0.4) is 0 Å². The van der Waals surface area contributed by atoms with Crippen molar-refractivity contribution in [1.29, 1.82) is 0 Å². The Morgan fingerprint density at radius 1 is 0.292 bits per heavy atom. The predicted molar refractivity (Wildman–Crippen MR) is 107 cm³/mol. The van der Waals surface area contributed by atoms with Crippen LogP contribution in [0.5, 0.6) is 0 Å². The Morgan fingerprint density at radius 2 is 0.458 bits per heavy atom. The maximum absolute atomic E-state index is 5.25. The molecule has 0 aromatic heterocycles. The molecule has 0 aromatic carbocycles. The molecule has 0 saturated carbocycles. The summed E-state index contributed by atoms with van der Waals surface area (Å²) in [5.41, 5.74) is 5.44. The lowest BCUT2D eigenvalue weighted by Gasteiger charge is -2.04. The molecule has 0 rings (SSSR count). The number of nitrogens with two attached hydrogens (primary N) is 2. The third-order valence-electron chi connectivity index (χ3n) is 4.89. The van der Waals surface area contributed by atoms with Crippen molar-refractivity contribution in [3.63, 3.8) is 0 Å². The second kappa shape index (κ2) is 22.8. The second-order valence-corrected chi connectivity index (χ2v) is 7.27. The van der Waals surface area contributed by atoms with Gasteiger partial charge in [0.25, 0.3) is 0 Å². The van der Waals surface area contributed by atoms with Crippen LogP contribution in [-0.2, 0) is 0 Å². The van der Waals surface area contributed by atoms with Crippen LogP contribution in [0, 0.1) is 0 Å². The highest BCUT2D eigenvalue weighted by atomic mass is 15.2. The molecule has 0 unspecified atom stereocenters. The highest BCUT2D eigenvalue weighted by Gasteiger charge is 1.95. The zero-order chi connectivity index (χ0) is 17.6. The van der Waals surface area contributed by atoms with Crippen molar-refractivity contribution in [3.05, 3.63) is 0 Å². The van der Waals surface area contributed by atoms with Crippen LogP contribution in [0.15, 0.2) is 0 Å². The number of nitrogens with one attached hydrogen (secondary N) is 2. The van der Waals surface area contributed by atoms with Gasteiger partial charge in [-0.1, -0.05) is 103 Å². The third kappa shape index (κ3) is 21.8. The summed E-state index contributed by atoms with van der Waals surface area (Å²) in [5, 5.41) is 0. The third-order valence-corrected chi connectivity index (χ3v) is 4.89. The number of hydrazine groups is 2. The Kier molecular flexibility index (Phi) is 22.7. The van der Waals surface area contributed by atoms with Crippen molar-refractivity contribution in [1.82, 2.24) is 10.9 Å². The van der Waals surface area contributed by atoms with Crippen LogP contribution in [0.2, 0.25) is 0 Å². The zero-order valence-electron chi connectivity index (χ0n) is 16.3. The van der Waals surface area contributed by atoms with Crippen LogP contribution in [0.1, 0.15) is 116 Å². The zero-order valence-corrected chi connectivity index (χ0v) is 16.3. The summed E-state index contributed by atoms with van der Waals surface area (Å²) < 4.78 is 0. The molecule has 4 nitrogen and oxygen atoms in total. The summed E-state index contributed by atoms with van der Waals surface area (Å²) in [6.07, 6.45) is 25.1. The van der Waals surface area contributed by atoms with Crippen LogP contribution in [-0.4, -0.2) is 13.1 Å². The number of rotatable bonds is 21. The van der Waals surface area contributed by atoms with E-state index in [4.69, 9.17) is 11.7 Å². The fraction of sp³-hybridized carbons (Fsp3) is 1.00. The van der Waals surface area contributed by atoms with Gasteiger partial charge in [0.05, 0.1) is 0 Å². The normalized spacial score (nSPS) is 11.2. The molecule has 0 spiro atoms. The number of unbranched alkanes of at least 4 members (excludes halogenated alkanes) is 17. The van der Waals surface area contributed by atoms with Crippen molar-refractivity contribution in [2.24, 2.45) is 11.7 Å². The van der Waals surface area contributed by atoms with Crippen molar-refractivity contribution < 1.29 is 0 Å². The highest BCUT2D eigenvalue weighted by Crippen LogP contribution is 2.14. The summed E-state index contributed by atoms with van der Waals surface area (Å²) in [7, 11) is 0. The summed E-state index contributed by atoms with van der Waals surface area (Å²) in [6, 6.07) is 0. The first-order valence-electron chi connectivity index (χ1n) is 10.8. The molecule has 0 aliphatic carbocycles. The van der Waals surface area contributed by atoms with E-state index in [2.05, 4.69) is 10.9 Å². The lowest BCUT2D eigenvalue weighted by Crippen LogP contribution is -2.22. The maximum atomic E-state index is 5.25. The van der Waals surface area contributed by atoms with Crippen molar-refractivity contribution in [2.75, 3.05) is 13.1 Å². The Bertz CT molecular complexity index is 190. The average molecular weight is 343 g/mol. The van der Waals surface area contributed by atoms with Gasteiger partial charge < -0.3 is 0 Å². The predicted octanol–water partition coefficient (Wildman–Crippen LogP) is 4.93. The molecular weight excluding hydrogens is 296 g/mol. The fourth-order valence-electron chi connectivity index (χ4n) is 3.28. The van der Waals surface area contributed by atoms with Crippen LogP contribution in [0.25, 0.3) is 0 Å². The van der Waals surface area contributed by atoms with E-state index in [9.17, 15) is 0 Å². The lowest BCUT2D eigenvalue weighted by molar-refractivity contribution is 0.520. The minimum absolute atomic E-state index is 0.965. The van der Waals surface area contributed by atoms with Gasteiger partial charge in [0.2, 0.25) is 0 Å². The summed E-state index contributed by atoms with van der Waals surface area (Å²) in [4.78, 5) is 0. The van der Waals surface area contributed by atoms with Gasteiger partial charge in [0.1, 0.15) is 0 Å². The van der Waals surface area contributed by atoms with E-state index in [0.29, 0.717) is 0 Å². The molecule has 0 heterocycles. The van der Waals surface area contributed by atoms with E-state index >= 15 is 0 Å². The van der Waals surface area contributed by atoms with E-state index in [1.165, 1.54) is 116 Å². The molecule has 146 valence electrons. The first-order valence-corrected chi connectivity index (χ1v) is 10.8. The largest absolute Gasteiger partial charge is 0.271 e. The van der Waals surface area contributed by atoms with Gasteiger partial charge in [-0.3, -0.25) is 22.5 Å². The van der Waals surface area contributed by atoms with Gasteiger partial charge in [0, 0.05) is 13.1 Å². The minimum Gasteiger partial charge on any atom is -0.271 e. The topological polar surface area (TPSA) is 76.1 Å². The van der Waals surface area contributed by atoms with Crippen LogP contribution >= 0.6 is 0 Å².